The Balaban J connectivity index is 1.72. The highest BCUT2D eigenvalue weighted by atomic mass is 16.3. The lowest BCUT2D eigenvalue weighted by Crippen LogP contribution is -2.38. The molecule has 1 fully saturated rings. The third kappa shape index (κ3) is 5.04. The third-order valence-corrected chi connectivity index (χ3v) is 4.52. The minimum atomic E-state index is -0.0567. The molecule has 6 heteroatoms. The molecule has 1 aliphatic rings. The maximum atomic E-state index is 12.2. The summed E-state index contributed by atoms with van der Waals surface area (Å²) in [6.45, 7) is 8.14. The molecule has 0 spiro atoms. The minimum Gasteiger partial charge on any atom is -0.396 e. The summed E-state index contributed by atoms with van der Waals surface area (Å²) in [5, 5.41) is 16.6. The van der Waals surface area contributed by atoms with E-state index < -0.39 is 0 Å². The molecule has 0 aliphatic carbocycles. The second-order valence-corrected chi connectivity index (χ2v) is 6.83. The predicted molar refractivity (Wildman–Crippen MR) is 90.5 cm³/mol. The Morgan fingerprint density at radius 3 is 2.96 bits per heavy atom. The van der Waals surface area contributed by atoms with Gasteiger partial charge in [0.1, 0.15) is 5.69 Å². The first-order chi connectivity index (χ1) is 11.0. The van der Waals surface area contributed by atoms with Crippen molar-refractivity contribution in [2.45, 2.75) is 39.0 Å². The lowest BCUT2D eigenvalue weighted by molar-refractivity contribution is 0.0937. The molecule has 1 aromatic rings. The van der Waals surface area contributed by atoms with E-state index in [0.717, 1.165) is 44.6 Å². The van der Waals surface area contributed by atoms with Gasteiger partial charge in [0, 0.05) is 26.7 Å². The van der Waals surface area contributed by atoms with E-state index in [2.05, 4.69) is 29.2 Å². The maximum Gasteiger partial charge on any atom is 0.269 e. The van der Waals surface area contributed by atoms with Crippen molar-refractivity contribution < 1.29 is 9.90 Å². The number of piperidine rings is 1. The van der Waals surface area contributed by atoms with Crippen LogP contribution >= 0.6 is 0 Å². The lowest BCUT2D eigenvalue weighted by atomic mass is 9.99. The molecule has 0 radical (unpaired) electrons. The van der Waals surface area contributed by atoms with Crippen molar-refractivity contribution in [1.82, 2.24) is 20.0 Å². The minimum absolute atomic E-state index is 0.0567. The largest absolute Gasteiger partial charge is 0.396 e. The number of amides is 1. The Labute approximate surface area is 138 Å². The molecule has 0 bridgehead atoms. The van der Waals surface area contributed by atoms with Gasteiger partial charge in [-0.25, -0.2) is 0 Å². The van der Waals surface area contributed by atoms with Crippen LogP contribution in [0.5, 0.6) is 0 Å². The molecule has 0 aromatic carbocycles. The van der Waals surface area contributed by atoms with Crippen molar-refractivity contribution in [3.8, 4) is 0 Å². The van der Waals surface area contributed by atoms with Gasteiger partial charge < -0.3 is 15.3 Å². The molecule has 0 unspecified atom stereocenters. The summed E-state index contributed by atoms with van der Waals surface area (Å²) in [4.78, 5) is 14.6. The van der Waals surface area contributed by atoms with Gasteiger partial charge in [0.2, 0.25) is 0 Å². The van der Waals surface area contributed by atoms with Crippen LogP contribution in [0.25, 0.3) is 0 Å². The SMILES string of the molecule is CC(C)c1cc(C(=O)NCCCN2CCC[C@H](CO)C2)n(C)n1. The van der Waals surface area contributed by atoms with E-state index in [1.165, 1.54) is 0 Å². The van der Waals surface area contributed by atoms with Crippen LogP contribution in [-0.4, -0.2) is 58.5 Å². The van der Waals surface area contributed by atoms with Crippen LogP contribution in [0, 0.1) is 5.92 Å². The highest BCUT2D eigenvalue weighted by Gasteiger charge is 2.19. The van der Waals surface area contributed by atoms with E-state index in [9.17, 15) is 9.90 Å². The molecular formula is C17H30N4O2. The van der Waals surface area contributed by atoms with Crippen molar-refractivity contribution in [3.63, 3.8) is 0 Å². The van der Waals surface area contributed by atoms with Gasteiger partial charge in [0.25, 0.3) is 5.91 Å². The van der Waals surface area contributed by atoms with Crippen LogP contribution in [0.3, 0.4) is 0 Å². The molecule has 1 atom stereocenters. The number of carbonyl (C=O) groups is 1. The van der Waals surface area contributed by atoms with Gasteiger partial charge >= 0.3 is 0 Å². The van der Waals surface area contributed by atoms with Crippen LogP contribution in [0.2, 0.25) is 0 Å². The van der Waals surface area contributed by atoms with E-state index >= 15 is 0 Å². The first-order valence-electron chi connectivity index (χ1n) is 8.66. The summed E-state index contributed by atoms with van der Waals surface area (Å²) >= 11 is 0. The average molecular weight is 322 g/mol. The molecule has 1 saturated heterocycles. The summed E-state index contributed by atoms with van der Waals surface area (Å²) in [6, 6.07) is 1.87. The molecule has 2 heterocycles. The molecule has 23 heavy (non-hydrogen) atoms. The number of rotatable bonds is 7. The normalized spacial score (nSPS) is 19.3. The molecule has 1 aromatic heterocycles. The number of carbonyl (C=O) groups excluding carboxylic acids is 1. The van der Waals surface area contributed by atoms with Gasteiger partial charge in [0.05, 0.1) is 5.69 Å². The monoisotopic (exact) mass is 322 g/mol. The molecule has 6 nitrogen and oxygen atoms in total. The quantitative estimate of drug-likeness (QED) is 0.744. The van der Waals surface area contributed by atoms with Gasteiger partial charge in [-0.15, -0.1) is 0 Å². The van der Waals surface area contributed by atoms with Crippen LogP contribution in [0.4, 0.5) is 0 Å². The zero-order valence-electron chi connectivity index (χ0n) is 14.6. The Morgan fingerprint density at radius 2 is 2.30 bits per heavy atom. The van der Waals surface area contributed by atoms with Crippen molar-refractivity contribution in [2.24, 2.45) is 13.0 Å². The number of likely N-dealkylation sites (tertiary alicyclic amines) is 1. The smallest absolute Gasteiger partial charge is 0.269 e. The zero-order valence-corrected chi connectivity index (χ0v) is 14.6. The molecule has 1 amide bonds. The number of nitrogens with zero attached hydrogens (tertiary/aromatic N) is 3. The van der Waals surface area contributed by atoms with Crippen molar-refractivity contribution >= 4 is 5.91 Å². The molecule has 130 valence electrons. The number of aliphatic hydroxyl groups is 1. The molecule has 1 aliphatic heterocycles. The van der Waals surface area contributed by atoms with E-state index in [1.807, 2.05) is 13.1 Å². The van der Waals surface area contributed by atoms with Gasteiger partial charge in [0.15, 0.2) is 0 Å². The zero-order chi connectivity index (χ0) is 16.8. The third-order valence-electron chi connectivity index (χ3n) is 4.52. The highest BCUT2D eigenvalue weighted by molar-refractivity contribution is 5.92. The Kier molecular flexibility index (Phi) is 6.59. The molecule has 2 N–H and O–H groups in total. The fraction of sp³-hybridized carbons (Fsp3) is 0.765. The van der Waals surface area contributed by atoms with E-state index in [-0.39, 0.29) is 12.5 Å². The van der Waals surface area contributed by atoms with Crippen LogP contribution in [0.1, 0.15) is 55.2 Å². The van der Waals surface area contributed by atoms with Gasteiger partial charge in [-0.3, -0.25) is 9.48 Å². The fourth-order valence-corrected chi connectivity index (χ4v) is 3.08. The summed E-state index contributed by atoms with van der Waals surface area (Å²) in [5.74, 6) is 0.683. The fourth-order valence-electron chi connectivity index (χ4n) is 3.08. The first kappa shape index (κ1) is 17.9. The Hall–Kier alpha value is -1.40. The second-order valence-electron chi connectivity index (χ2n) is 6.83. The van der Waals surface area contributed by atoms with Crippen LogP contribution in [-0.2, 0) is 7.05 Å². The number of aliphatic hydroxyl groups excluding tert-OH is 1. The van der Waals surface area contributed by atoms with Crippen molar-refractivity contribution in [2.75, 3.05) is 32.8 Å². The summed E-state index contributed by atoms with van der Waals surface area (Å²) < 4.78 is 1.65. The predicted octanol–water partition coefficient (Wildman–Crippen LogP) is 1.37. The van der Waals surface area contributed by atoms with Crippen LogP contribution in [0.15, 0.2) is 6.07 Å². The highest BCUT2D eigenvalue weighted by Crippen LogP contribution is 2.16. The van der Waals surface area contributed by atoms with Gasteiger partial charge in [-0.1, -0.05) is 13.8 Å². The second kappa shape index (κ2) is 8.45. The topological polar surface area (TPSA) is 70.4 Å². The molecule has 2 rings (SSSR count). The summed E-state index contributed by atoms with van der Waals surface area (Å²) in [6.07, 6.45) is 3.21. The summed E-state index contributed by atoms with van der Waals surface area (Å²) in [5.41, 5.74) is 1.56. The number of aromatic nitrogens is 2. The number of hydrogen-bond acceptors (Lipinski definition) is 4. The van der Waals surface area contributed by atoms with E-state index in [4.69, 9.17) is 0 Å². The lowest BCUT2D eigenvalue weighted by Gasteiger charge is -2.31. The van der Waals surface area contributed by atoms with E-state index in [1.54, 1.807) is 4.68 Å². The van der Waals surface area contributed by atoms with Crippen molar-refractivity contribution in [3.05, 3.63) is 17.5 Å². The van der Waals surface area contributed by atoms with Gasteiger partial charge in [-0.05, 0) is 50.3 Å². The maximum absolute atomic E-state index is 12.2. The van der Waals surface area contributed by atoms with Gasteiger partial charge in [-0.2, -0.15) is 5.10 Å². The molecule has 0 saturated carbocycles. The van der Waals surface area contributed by atoms with Crippen LogP contribution < -0.4 is 5.32 Å². The number of nitrogens with one attached hydrogen (secondary N) is 1. The summed E-state index contributed by atoms with van der Waals surface area (Å²) in [7, 11) is 1.81. The van der Waals surface area contributed by atoms with E-state index in [0.29, 0.717) is 24.1 Å². The standard InChI is InChI=1S/C17H30N4O2/c1-13(2)15-10-16(20(3)19-15)17(23)18-7-5-9-21-8-4-6-14(11-21)12-22/h10,13-14,22H,4-9,11-12H2,1-3H3,(H,18,23)/t14-/m0/s1. The number of aryl methyl sites for hydroxylation is 1. The number of hydrogen-bond donors (Lipinski definition) is 2. The average Bonchev–Trinajstić information content (AvgIpc) is 2.94. The Morgan fingerprint density at radius 1 is 1.52 bits per heavy atom. The first-order valence-corrected chi connectivity index (χ1v) is 8.66. The molecular weight excluding hydrogens is 292 g/mol. The van der Waals surface area contributed by atoms with Crippen molar-refractivity contribution in [1.29, 1.82) is 0 Å². The Bertz CT molecular complexity index is 513.